The zero-order chi connectivity index (χ0) is 14.7. The van der Waals surface area contributed by atoms with Crippen molar-refractivity contribution in [1.82, 2.24) is 15.0 Å². The summed E-state index contributed by atoms with van der Waals surface area (Å²) in [6.07, 6.45) is 4.13. The van der Waals surface area contributed by atoms with Crippen molar-refractivity contribution in [2.45, 2.75) is 12.5 Å². The van der Waals surface area contributed by atoms with Crippen molar-refractivity contribution in [2.24, 2.45) is 5.73 Å². The Morgan fingerprint density at radius 3 is 2.52 bits per heavy atom. The Balaban J connectivity index is 1.84. The summed E-state index contributed by atoms with van der Waals surface area (Å²) in [5.41, 5.74) is 9.02. The van der Waals surface area contributed by atoms with Gasteiger partial charge in [0.1, 0.15) is 16.7 Å². The molecule has 0 spiro atoms. The summed E-state index contributed by atoms with van der Waals surface area (Å²) < 4.78 is 0. The standard InChI is InChI=1S/C16H15ClN4/c17-15-14(12-6-8-19-9-7-12)20-16(21-15)13(18)10-11-4-2-1-3-5-11/h1-9,13H,10,18H2,(H,20,21)/t13-/m0/s1. The molecule has 21 heavy (non-hydrogen) atoms. The number of rotatable bonds is 4. The summed E-state index contributed by atoms with van der Waals surface area (Å²) in [4.78, 5) is 11.6. The Labute approximate surface area is 128 Å². The molecular weight excluding hydrogens is 284 g/mol. The highest BCUT2D eigenvalue weighted by molar-refractivity contribution is 6.31. The van der Waals surface area contributed by atoms with E-state index in [0.29, 0.717) is 23.1 Å². The molecule has 5 heteroatoms. The van der Waals surface area contributed by atoms with Gasteiger partial charge in [0.15, 0.2) is 0 Å². The van der Waals surface area contributed by atoms with Gasteiger partial charge < -0.3 is 10.7 Å². The van der Waals surface area contributed by atoms with Crippen LogP contribution in [0.3, 0.4) is 0 Å². The summed E-state index contributed by atoms with van der Waals surface area (Å²) in [6.45, 7) is 0. The van der Waals surface area contributed by atoms with Crippen molar-refractivity contribution in [2.75, 3.05) is 0 Å². The van der Waals surface area contributed by atoms with Crippen LogP contribution >= 0.6 is 11.6 Å². The number of pyridine rings is 1. The monoisotopic (exact) mass is 298 g/mol. The normalized spacial score (nSPS) is 12.3. The van der Waals surface area contributed by atoms with E-state index < -0.39 is 0 Å². The van der Waals surface area contributed by atoms with Crippen LogP contribution in [0.15, 0.2) is 54.9 Å². The van der Waals surface area contributed by atoms with Crippen LogP contribution in [-0.2, 0) is 6.42 Å². The summed E-state index contributed by atoms with van der Waals surface area (Å²) in [6, 6.07) is 13.6. The maximum atomic E-state index is 6.23. The SMILES string of the molecule is N[C@@H](Cc1ccccc1)c1nc(-c2ccncc2)c(Cl)[nH]1. The zero-order valence-corrected chi connectivity index (χ0v) is 12.1. The smallest absolute Gasteiger partial charge is 0.134 e. The second-order valence-corrected chi connectivity index (χ2v) is 5.19. The minimum absolute atomic E-state index is 0.222. The third-order valence-corrected chi connectivity index (χ3v) is 3.55. The molecule has 3 aromatic rings. The first-order valence-corrected chi connectivity index (χ1v) is 7.07. The van der Waals surface area contributed by atoms with Gasteiger partial charge in [-0.05, 0) is 24.1 Å². The zero-order valence-electron chi connectivity index (χ0n) is 11.3. The third-order valence-electron chi connectivity index (χ3n) is 3.28. The van der Waals surface area contributed by atoms with E-state index >= 15 is 0 Å². The Morgan fingerprint density at radius 2 is 1.81 bits per heavy atom. The molecule has 0 saturated heterocycles. The number of nitrogens with one attached hydrogen (secondary N) is 1. The van der Waals surface area contributed by atoms with Crippen LogP contribution in [0.1, 0.15) is 17.4 Å². The number of nitrogens with two attached hydrogens (primary N) is 1. The average molecular weight is 299 g/mol. The van der Waals surface area contributed by atoms with Crippen LogP contribution in [0.2, 0.25) is 5.15 Å². The van der Waals surface area contributed by atoms with Crippen LogP contribution in [0, 0.1) is 0 Å². The van der Waals surface area contributed by atoms with Gasteiger partial charge in [0.25, 0.3) is 0 Å². The molecule has 0 amide bonds. The number of hydrogen-bond donors (Lipinski definition) is 2. The van der Waals surface area contributed by atoms with Crippen molar-refractivity contribution in [3.63, 3.8) is 0 Å². The highest BCUT2D eigenvalue weighted by Crippen LogP contribution is 2.27. The first-order chi connectivity index (χ1) is 10.2. The lowest BCUT2D eigenvalue weighted by Gasteiger charge is -2.08. The van der Waals surface area contributed by atoms with Gasteiger partial charge in [0.05, 0.1) is 6.04 Å². The number of aromatic nitrogens is 3. The van der Waals surface area contributed by atoms with Crippen LogP contribution in [0.25, 0.3) is 11.3 Å². The van der Waals surface area contributed by atoms with Crippen LogP contribution in [0.4, 0.5) is 0 Å². The predicted molar refractivity (Wildman–Crippen MR) is 83.9 cm³/mol. The third kappa shape index (κ3) is 3.12. The van der Waals surface area contributed by atoms with Gasteiger partial charge in [0, 0.05) is 18.0 Å². The highest BCUT2D eigenvalue weighted by Gasteiger charge is 2.16. The van der Waals surface area contributed by atoms with Gasteiger partial charge in [-0.3, -0.25) is 4.98 Å². The van der Waals surface area contributed by atoms with Gasteiger partial charge >= 0.3 is 0 Å². The number of benzene rings is 1. The molecule has 1 atom stereocenters. The molecule has 4 nitrogen and oxygen atoms in total. The summed E-state index contributed by atoms with van der Waals surface area (Å²) >= 11 is 6.23. The first-order valence-electron chi connectivity index (χ1n) is 6.69. The maximum Gasteiger partial charge on any atom is 0.134 e. The van der Waals surface area contributed by atoms with Gasteiger partial charge in [0.2, 0.25) is 0 Å². The first kappa shape index (κ1) is 13.8. The van der Waals surface area contributed by atoms with Crippen LogP contribution in [0.5, 0.6) is 0 Å². The molecule has 3 rings (SSSR count). The van der Waals surface area contributed by atoms with Gasteiger partial charge in [-0.1, -0.05) is 41.9 Å². The lowest BCUT2D eigenvalue weighted by Crippen LogP contribution is -2.15. The fraction of sp³-hybridized carbons (Fsp3) is 0.125. The molecule has 0 fully saturated rings. The highest BCUT2D eigenvalue weighted by atomic mass is 35.5. The molecule has 0 aliphatic carbocycles. The fourth-order valence-electron chi connectivity index (χ4n) is 2.21. The molecular formula is C16H15ClN4. The summed E-state index contributed by atoms with van der Waals surface area (Å²) in [5, 5.41) is 0.500. The van der Waals surface area contributed by atoms with Crippen molar-refractivity contribution >= 4 is 11.6 Å². The molecule has 106 valence electrons. The molecule has 0 unspecified atom stereocenters. The molecule has 0 bridgehead atoms. The van der Waals surface area contributed by atoms with E-state index in [9.17, 15) is 0 Å². The molecule has 0 aliphatic rings. The van der Waals surface area contributed by atoms with Gasteiger partial charge in [-0.25, -0.2) is 4.98 Å². The molecule has 0 saturated carbocycles. The van der Waals surface area contributed by atoms with E-state index in [2.05, 4.69) is 15.0 Å². The minimum atomic E-state index is -0.222. The van der Waals surface area contributed by atoms with E-state index in [1.165, 1.54) is 5.56 Å². The second kappa shape index (κ2) is 6.08. The van der Waals surface area contributed by atoms with Gasteiger partial charge in [-0.2, -0.15) is 0 Å². The fourth-order valence-corrected chi connectivity index (χ4v) is 2.46. The Bertz CT molecular complexity index is 710. The summed E-state index contributed by atoms with van der Waals surface area (Å²) in [5.74, 6) is 0.690. The van der Waals surface area contributed by atoms with Crippen LogP contribution in [-0.4, -0.2) is 15.0 Å². The molecule has 3 N–H and O–H groups in total. The largest absolute Gasteiger partial charge is 0.331 e. The van der Waals surface area contributed by atoms with Crippen LogP contribution < -0.4 is 5.73 Å². The number of hydrogen-bond acceptors (Lipinski definition) is 3. The van der Waals surface area contributed by atoms with Gasteiger partial charge in [-0.15, -0.1) is 0 Å². The van der Waals surface area contributed by atoms with E-state index in [1.807, 2.05) is 42.5 Å². The Hall–Kier alpha value is -2.17. The second-order valence-electron chi connectivity index (χ2n) is 4.82. The topological polar surface area (TPSA) is 67.6 Å². The van der Waals surface area contributed by atoms with E-state index in [1.54, 1.807) is 12.4 Å². The average Bonchev–Trinajstić information content (AvgIpc) is 2.91. The number of H-pyrrole nitrogens is 1. The quantitative estimate of drug-likeness (QED) is 0.776. The molecule has 1 aromatic carbocycles. The molecule has 0 radical (unpaired) electrons. The van der Waals surface area contributed by atoms with Crippen molar-refractivity contribution in [3.05, 3.63) is 71.4 Å². The summed E-state index contributed by atoms with van der Waals surface area (Å²) in [7, 11) is 0. The number of aromatic amines is 1. The molecule has 2 heterocycles. The number of halogens is 1. The van der Waals surface area contributed by atoms with E-state index in [0.717, 1.165) is 5.56 Å². The maximum absolute atomic E-state index is 6.23. The lowest BCUT2D eigenvalue weighted by molar-refractivity contribution is 0.678. The number of imidazole rings is 1. The Kier molecular flexibility index (Phi) is 3.99. The van der Waals surface area contributed by atoms with E-state index in [4.69, 9.17) is 17.3 Å². The minimum Gasteiger partial charge on any atom is -0.331 e. The lowest BCUT2D eigenvalue weighted by atomic mass is 10.1. The predicted octanol–water partition coefficient (Wildman–Crippen LogP) is 3.37. The number of nitrogens with zero attached hydrogens (tertiary/aromatic N) is 2. The molecule has 0 aliphatic heterocycles. The van der Waals surface area contributed by atoms with Crippen molar-refractivity contribution < 1.29 is 0 Å². The molecule has 2 aromatic heterocycles. The Morgan fingerprint density at radius 1 is 1.10 bits per heavy atom. The van der Waals surface area contributed by atoms with Crippen molar-refractivity contribution in [1.29, 1.82) is 0 Å². The van der Waals surface area contributed by atoms with Crippen molar-refractivity contribution in [3.8, 4) is 11.3 Å². The van der Waals surface area contributed by atoms with E-state index in [-0.39, 0.29) is 6.04 Å².